The smallest absolute Gasteiger partial charge is 0.326 e. The van der Waals surface area contributed by atoms with E-state index in [0.29, 0.717) is 5.56 Å². The van der Waals surface area contributed by atoms with Gasteiger partial charge in [-0.1, -0.05) is 44.2 Å². The first kappa shape index (κ1) is 17.1. The van der Waals surface area contributed by atoms with Crippen molar-refractivity contribution in [2.75, 3.05) is 5.75 Å². The Morgan fingerprint density at radius 2 is 1.95 bits per heavy atom. The molecule has 0 bridgehead atoms. The van der Waals surface area contributed by atoms with Crippen molar-refractivity contribution in [1.29, 1.82) is 5.26 Å². The minimum Gasteiger partial charge on any atom is -0.480 e. The molecular weight excluding hydrogens is 292 g/mol. The van der Waals surface area contributed by atoms with Gasteiger partial charge >= 0.3 is 5.97 Å². The van der Waals surface area contributed by atoms with E-state index >= 15 is 0 Å². The van der Waals surface area contributed by atoms with Gasteiger partial charge in [-0.2, -0.15) is 9.98 Å². The number of rotatable bonds is 7. The number of nitriles is 1. The number of carbonyl (C=O) groups is 1. The molecule has 0 heterocycles. The van der Waals surface area contributed by atoms with Gasteiger partial charge in [-0.05, 0) is 11.0 Å². The van der Waals surface area contributed by atoms with Crippen LogP contribution in [0.15, 0.2) is 30.3 Å². The number of aliphatic carboxylic acids is 1. The van der Waals surface area contributed by atoms with Crippen molar-refractivity contribution in [2.45, 2.75) is 26.3 Å². The molecule has 0 aromatic heterocycles. The van der Waals surface area contributed by atoms with Crippen molar-refractivity contribution >= 4 is 16.0 Å². The number of nitrogens with zero attached hydrogens (tertiary/aromatic N) is 1. The van der Waals surface area contributed by atoms with E-state index in [9.17, 15) is 18.3 Å². The van der Waals surface area contributed by atoms with E-state index in [1.807, 2.05) is 6.07 Å². The van der Waals surface area contributed by atoms with Gasteiger partial charge in [0, 0.05) is 6.42 Å². The van der Waals surface area contributed by atoms with Gasteiger partial charge in [0.05, 0.1) is 11.8 Å². The molecular formula is C14H18N2O4S. The van der Waals surface area contributed by atoms with Crippen LogP contribution in [-0.4, -0.2) is 25.2 Å². The molecule has 114 valence electrons. The highest BCUT2D eigenvalue weighted by molar-refractivity contribution is 7.89. The molecule has 0 radical (unpaired) electrons. The van der Waals surface area contributed by atoms with Crippen LogP contribution in [0.4, 0.5) is 0 Å². The van der Waals surface area contributed by atoms with E-state index in [4.69, 9.17) is 5.26 Å². The SMILES string of the molecule is CC(C)(CC#N)CS(=O)(=O)N[C@@H](C(=O)O)c1ccccc1. The second-order valence-corrected chi connectivity index (χ2v) is 7.31. The lowest BCUT2D eigenvalue weighted by atomic mass is 9.93. The number of sulfonamides is 1. The molecule has 7 heteroatoms. The summed E-state index contributed by atoms with van der Waals surface area (Å²) in [6.45, 7) is 3.29. The van der Waals surface area contributed by atoms with Crippen molar-refractivity contribution in [3.05, 3.63) is 35.9 Å². The Morgan fingerprint density at radius 3 is 2.43 bits per heavy atom. The van der Waals surface area contributed by atoms with Crippen LogP contribution in [0.25, 0.3) is 0 Å². The third-order valence-electron chi connectivity index (χ3n) is 2.82. The normalized spacial score (nSPS) is 13.4. The summed E-state index contributed by atoms with van der Waals surface area (Å²) in [6.07, 6.45) is 0.0665. The lowest BCUT2D eigenvalue weighted by Gasteiger charge is -2.23. The quantitative estimate of drug-likeness (QED) is 0.796. The molecule has 0 aliphatic heterocycles. The van der Waals surface area contributed by atoms with Gasteiger partial charge in [0.1, 0.15) is 6.04 Å². The first-order valence-corrected chi connectivity index (χ1v) is 7.97. The minimum atomic E-state index is -3.84. The summed E-state index contributed by atoms with van der Waals surface area (Å²) >= 11 is 0. The highest BCUT2D eigenvalue weighted by Crippen LogP contribution is 2.23. The van der Waals surface area contributed by atoms with Crippen LogP contribution in [-0.2, 0) is 14.8 Å². The number of carboxylic acids is 1. The second-order valence-electron chi connectivity index (χ2n) is 5.56. The lowest BCUT2D eigenvalue weighted by molar-refractivity contribution is -0.139. The van der Waals surface area contributed by atoms with E-state index < -0.39 is 27.4 Å². The van der Waals surface area contributed by atoms with Crippen molar-refractivity contribution in [2.24, 2.45) is 5.41 Å². The zero-order chi connectivity index (χ0) is 16.1. The second kappa shape index (κ2) is 6.70. The first-order valence-electron chi connectivity index (χ1n) is 6.31. The van der Waals surface area contributed by atoms with E-state index in [0.717, 1.165) is 0 Å². The van der Waals surface area contributed by atoms with E-state index in [-0.39, 0.29) is 12.2 Å². The first-order chi connectivity index (χ1) is 9.67. The summed E-state index contributed by atoms with van der Waals surface area (Å²) in [7, 11) is -3.84. The van der Waals surface area contributed by atoms with Crippen molar-refractivity contribution < 1.29 is 18.3 Å². The lowest BCUT2D eigenvalue weighted by Crippen LogP contribution is -2.39. The summed E-state index contributed by atoms with van der Waals surface area (Å²) in [5.74, 6) is -1.59. The van der Waals surface area contributed by atoms with E-state index in [1.54, 1.807) is 44.2 Å². The molecule has 0 spiro atoms. The van der Waals surface area contributed by atoms with Gasteiger partial charge in [-0.25, -0.2) is 8.42 Å². The fourth-order valence-electron chi connectivity index (χ4n) is 1.91. The Morgan fingerprint density at radius 1 is 1.38 bits per heavy atom. The van der Waals surface area contributed by atoms with Crippen LogP contribution in [0.5, 0.6) is 0 Å². The average molecular weight is 310 g/mol. The van der Waals surface area contributed by atoms with E-state index in [1.165, 1.54) is 0 Å². The summed E-state index contributed by atoms with van der Waals surface area (Å²) in [6, 6.07) is 8.67. The molecule has 1 rings (SSSR count). The largest absolute Gasteiger partial charge is 0.480 e. The topological polar surface area (TPSA) is 107 Å². The summed E-state index contributed by atoms with van der Waals surface area (Å²) < 4.78 is 26.4. The van der Waals surface area contributed by atoms with Crippen molar-refractivity contribution in [1.82, 2.24) is 4.72 Å². The highest BCUT2D eigenvalue weighted by Gasteiger charge is 2.31. The number of hydrogen-bond acceptors (Lipinski definition) is 4. The Kier molecular flexibility index (Phi) is 5.47. The van der Waals surface area contributed by atoms with Crippen LogP contribution < -0.4 is 4.72 Å². The minimum absolute atomic E-state index is 0.0665. The van der Waals surface area contributed by atoms with Gasteiger partial charge in [0.2, 0.25) is 10.0 Å². The molecule has 2 N–H and O–H groups in total. The molecule has 0 aliphatic carbocycles. The maximum Gasteiger partial charge on any atom is 0.326 e. The number of carboxylic acid groups (broad SMARTS) is 1. The molecule has 21 heavy (non-hydrogen) atoms. The fraction of sp³-hybridized carbons (Fsp3) is 0.429. The maximum absolute atomic E-state index is 12.1. The summed E-state index contributed by atoms with van der Waals surface area (Å²) in [4.78, 5) is 11.3. The highest BCUT2D eigenvalue weighted by atomic mass is 32.2. The molecule has 1 aromatic rings. The maximum atomic E-state index is 12.1. The van der Waals surface area contributed by atoms with Crippen LogP contribution in [0.1, 0.15) is 31.9 Å². The molecule has 0 unspecified atom stereocenters. The molecule has 0 saturated heterocycles. The van der Waals surface area contributed by atoms with Crippen LogP contribution >= 0.6 is 0 Å². The number of hydrogen-bond donors (Lipinski definition) is 2. The molecule has 1 atom stereocenters. The predicted octanol–water partition coefficient (Wildman–Crippen LogP) is 1.67. The monoisotopic (exact) mass is 310 g/mol. The molecule has 0 saturated carbocycles. The van der Waals surface area contributed by atoms with Gasteiger partial charge in [-0.3, -0.25) is 4.79 Å². The molecule has 0 amide bonds. The molecule has 6 nitrogen and oxygen atoms in total. The number of benzene rings is 1. The Bertz CT molecular complexity index is 633. The van der Waals surface area contributed by atoms with Gasteiger partial charge in [-0.15, -0.1) is 0 Å². The Balaban J connectivity index is 2.95. The summed E-state index contributed by atoms with van der Waals surface area (Å²) in [5, 5.41) is 17.9. The zero-order valence-corrected chi connectivity index (χ0v) is 12.7. The van der Waals surface area contributed by atoms with Crippen molar-refractivity contribution in [3.63, 3.8) is 0 Å². The van der Waals surface area contributed by atoms with Crippen molar-refractivity contribution in [3.8, 4) is 6.07 Å². The molecule has 0 aliphatic rings. The van der Waals surface area contributed by atoms with Crippen LogP contribution in [0.2, 0.25) is 0 Å². The zero-order valence-electron chi connectivity index (χ0n) is 11.9. The molecule has 1 aromatic carbocycles. The van der Waals surface area contributed by atoms with Crippen LogP contribution in [0, 0.1) is 16.7 Å². The third kappa shape index (κ3) is 5.53. The van der Waals surface area contributed by atoms with E-state index in [2.05, 4.69) is 4.72 Å². The van der Waals surface area contributed by atoms with Gasteiger partial charge < -0.3 is 5.11 Å². The number of nitrogens with one attached hydrogen (secondary N) is 1. The average Bonchev–Trinajstić information content (AvgIpc) is 2.35. The molecule has 0 fully saturated rings. The van der Waals surface area contributed by atoms with Gasteiger partial charge in [0.15, 0.2) is 0 Å². The Labute approximate surface area is 124 Å². The fourth-order valence-corrected chi connectivity index (χ4v) is 3.72. The standard InChI is InChI=1S/C14H18N2O4S/c1-14(2,8-9-15)10-21(19,20)16-12(13(17)18)11-6-4-3-5-7-11/h3-7,12,16H,8,10H2,1-2H3,(H,17,18)/t12-/m1/s1. The third-order valence-corrected chi connectivity index (χ3v) is 4.57. The summed E-state index contributed by atoms with van der Waals surface area (Å²) in [5.41, 5.74) is -0.396. The van der Waals surface area contributed by atoms with Crippen LogP contribution in [0.3, 0.4) is 0 Å². The predicted molar refractivity (Wildman–Crippen MR) is 77.8 cm³/mol. The Hall–Kier alpha value is -1.91. The van der Waals surface area contributed by atoms with Gasteiger partial charge in [0.25, 0.3) is 0 Å².